The minimum Gasteiger partial charge on any atom is -0.496 e. The quantitative estimate of drug-likeness (QED) is 0.928. The molecule has 5 nitrogen and oxygen atoms in total. The van der Waals surface area contributed by atoms with Crippen LogP contribution in [0.5, 0.6) is 11.5 Å². The Morgan fingerprint density at radius 1 is 1.10 bits per heavy atom. The van der Waals surface area contributed by atoms with Crippen LogP contribution in [0, 0.1) is 0 Å². The molecule has 0 amide bonds. The smallest absolute Gasteiger partial charge is 0.315 e. The van der Waals surface area contributed by atoms with E-state index in [1.165, 1.54) is 0 Å². The van der Waals surface area contributed by atoms with Gasteiger partial charge in [-0.1, -0.05) is 0 Å². The second-order valence-electron chi connectivity index (χ2n) is 4.99. The topological polar surface area (TPSA) is 68.7 Å². The van der Waals surface area contributed by atoms with Crippen molar-refractivity contribution >= 4 is 16.9 Å². The van der Waals surface area contributed by atoms with Gasteiger partial charge >= 0.3 is 5.97 Å². The maximum absolute atomic E-state index is 11.3. The lowest BCUT2D eigenvalue weighted by molar-refractivity contribution is -0.142. The zero-order chi connectivity index (χ0) is 14.9. The summed E-state index contributed by atoms with van der Waals surface area (Å²) in [6.45, 7) is 3.24. The summed E-state index contributed by atoms with van der Waals surface area (Å²) in [7, 11) is 3.13. The van der Waals surface area contributed by atoms with Gasteiger partial charge in [-0.25, -0.2) is 4.98 Å². The van der Waals surface area contributed by atoms with Crippen LogP contribution in [0.2, 0.25) is 0 Å². The molecule has 1 aromatic heterocycles. The van der Waals surface area contributed by atoms with E-state index in [1.54, 1.807) is 46.3 Å². The van der Waals surface area contributed by atoms with Gasteiger partial charge in [-0.15, -0.1) is 0 Å². The second kappa shape index (κ2) is 5.00. The van der Waals surface area contributed by atoms with Crippen LogP contribution in [-0.2, 0) is 10.2 Å². The molecule has 20 heavy (non-hydrogen) atoms. The van der Waals surface area contributed by atoms with Gasteiger partial charge in [0.05, 0.1) is 19.9 Å². The lowest BCUT2D eigenvalue weighted by Crippen LogP contribution is -2.29. The molecular formula is C15H17NO4. The van der Waals surface area contributed by atoms with E-state index in [2.05, 4.69) is 4.98 Å². The summed E-state index contributed by atoms with van der Waals surface area (Å²) in [5, 5.41) is 10.1. The van der Waals surface area contributed by atoms with Crippen molar-refractivity contribution in [2.24, 2.45) is 0 Å². The number of aromatic nitrogens is 1. The van der Waals surface area contributed by atoms with Crippen LogP contribution in [0.1, 0.15) is 19.5 Å². The van der Waals surface area contributed by atoms with Gasteiger partial charge in [0.2, 0.25) is 0 Å². The molecular weight excluding hydrogens is 258 g/mol. The number of carbonyl (C=O) groups is 1. The predicted molar refractivity (Wildman–Crippen MR) is 75.5 cm³/mol. The Hall–Kier alpha value is -2.30. The van der Waals surface area contributed by atoms with Gasteiger partial charge in [0.15, 0.2) is 0 Å². The number of pyridine rings is 1. The van der Waals surface area contributed by atoms with E-state index in [0.717, 1.165) is 5.39 Å². The van der Waals surface area contributed by atoms with Crippen molar-refractivity contribution in [2.75, 3.05) is 14.2 Å². The van der Waals surface area contributed by atoms with Gasteiger partial charge in [0, 0.05) is 5.39 Å². The first-order chi connectivity index (χ1) is 9.41. The first-order valence-electron chi connectivity index (χ1n) is 6.17. The SMILES string of the molecule is COc1ccc(OC)c2nc(C(C)(C)C(=O)O)ccc12. The third kappa shape index (κ3) is 2.15. The maximum Gasteiger partial charge on any atom is 0.315 e. The Balaban J connectivity index is 2.73. The summed E-state index contributed by atoms with van der Waals surface area (Å²) in [6, 6.07) is 7.07. The Kier molecular flexibility index (Phi) is 3.53. The molecule has 0 bridgehead atoms. The Bertz CT molecular complexity index is 664. The molecule has 0 unspecified atom stereocenters. The fourth-order valence-corrected chi connectivity index (χ4v) is 1.97. The van der Waals surface area contributed by atoms with Gasteiger partial charge in [0.1, 0.15) is 22.4 Å². The third-order valence-corrected chi connectivity index (χ3v) is 3.40. The van der Waals surface area contributed by atoms with Crippen molar-refractivity contribution in [3.05, 3.63) is 30.0 Å². The van der Waals surface area contributed by atoms with E-state index in [1.807, 2.05) is 6.07 Å². The normalized spacial score (nSPS) is 11.4. The molecule has 5 heteroatoms. The molecule has 0 saturated carbocycles. The molecule has 1 N–H and O–H groups in total. The van der Waals surface area contributed by atoms with E-state index in [4.69, 9.17) is 9.47 Å². The van der Waals surface area contributed by atoms with Crippen molar-refractivity contribution in [1.29, 1.82) is 0 Å². The number of methoxy groups -OCH3 is 2. The van der Waals surface area contributed by atoms with Crippen LogP contribution in [-0.4, -0.2) is 30.3 Å². The van der Waals surface area contributed by atoms with E-state index in [9.17, 15) is 9.90 Å². The van der Waals surface area contributed by atoms with Crippen LogP contribution in [0.25, 0.3) is 10.9 Å². The molecule has 0 fully saturated rings. The number of hydrogen-bond acceptors (Lipinski definition) is 4. The average molecular weight is 275 g/mol. The number of carboxylic acids is 1. The molecule has 2 rings (SSSR count). The van der Waals surface area contributed by atoms with Crippen LogP contribution in [0.3, 0.4) is 0 Å². The van der Waals surface area contributed by atoms with Gasteiger partial charge in [-0.3, -0.25) is 4.79 Å². The maximum atomic E-state index is 11.3. The molecule has 0 aliphatic carbocycles. The zero-order valence-corrected chi connectivity index (χ0v) is 11.9. The molecule has 1 aromatic carbocycles. The van der Waals surface area contributed by atoms with Gasteiger partial charge in [-0.2, -0.15) is 0 Å². The lowest BCUT2D eigenvalue weighted by atomic mass is 9.88. The molecule has 2 aromatic rings. The minimum atomic E-state index is -1.07. The number of ether oxygens (including phenoxy) is 2. The summed E-state index contributed by atoms with van der Waals surface area (Å²) < 4.78 is 10.6. The summed E-state index contributed by atoms with van der Waals surface area (Å²) in [4.78, 5) is 15.8. The monoisotopic (exact) mass is 275 g/mol. The van der Waals surface area contributed by atoms with Crippen molar-refractivity contribution in [3.63, 3.8) is 0 Å². The molecule has 0 saturated heterocycles. The van der Waals surface area contributed by atoms with Crippen LogP contribution < -0.4 is 9.47 Å². The predicted octanol–water partition coefficient (Wildman–Crippen LogP) is 2.61. The summed E-state index contributed by atoms with van der Waals surface area (Å²) in [6.07, 6.45) is 0. The molecule has 0 radical (unpaired) electrons. The largest absolute Gasteiger partial charge is 0.496 e. The fourth-order valence-electron chi connectivity index (χ4n) is 1.97. The summed E-state index contributed by atoms with van der Waals surface area (Å²) >= 11 is 0. The minimum absolute atomic E-state index is 0.476. The van der Waals surface area contributed by atoms with Gasteiger partial charge < -0.3 is 14.6 Å². The number of aliphatic carboxylic acids is 1. The number of rotatable bonds is 4. The van der Waals surface area contributed by atoms with Crippen molar-refractivity contribution < 1.29 is 19.4 Å². The van der Waals surface area contributed by atoms with Crippen molar-refractivity contribution in [3.8, 4) is 11.5 Å². The number of hydrogen-bond donors (Lipinski definition) is 1. The summed E-state index contributed by atoms with van der Waals surface area (Å²) in [5.74, 6) is 0.336. The molecule has 1 heterocycles. The molecule has 0 aliphatic heterocycles. The van der Waals surface area contributed by atoms with Crippen LogP contribution in [0.4, 0.5) is 0 Å². The number of nitrogens with zero attached hydrogens (tertiary/aromatic N) is 1. The van der Waals surface area contributed by atoms with Crippen molar-refractivity contribution in [2.45, 2.75) is 19.3 Å². The summed E-state index contributed by atoms with van der Waals surface area (Å²) in [5.41, 5.74) is 0.00479. The molecule has 0 aliphatic rings. The second-order valence-corrected chi connectivity index (χ2v) is 4.99. The highest BCUT2D eigenvalue weighted by atomic mass is 16.5. The first kappa shape index (κ1) is 14.1. The Labute approximate surface area is 117 Å². The number of carboxylic acid groups (broad SMARTS) is 1. The number of fused-ring (bicyclic) bond motifs is 1. The van der Waals surface area contributed by atoms with E-state index < -0.39 is 11.4 Å². The highest BCUT2D eigenvalue weighted by molar-refractivity contribution is 5.91. The molecule has 0 spiro atoms. The fraction of sp³-hybridized carbons (Fsp3) is 0.333. The average Bonchev–Trinajstić information content (AvgIpc) is 2.45. The van der Waals surface area contributed by atoms with Gasteiger partial charge in [0.25, 0.3) is 0 Å². The van der Waals surface area contributed by atoms with E-state index in [0.29, 0.717) is 22.7 Å². The van der Waals surface area contributed by atoms with E-state index >= 15 is 0 Å². The number of benzene rings is 1. The Morgan fingerprint density at radius 3 is 2.25 bits per heavy atom. The molecule has 0 atom stereocenters. The first-order valence-corrected chi connectivity index (χ1v) is 6.17. The van der Waals surface area contributed by atoms with E-state index in [-0.39, 0.29) is 0 Å². The van der Waals surface area contributed by atoms with Gasteiger partial charge in [-0.05, 0) is 38.1 Å². The van der Waals surface area contributed by atoms with Crippen LogP contribution in [0.15, 0.2) is 24.3 Å². The molecule has 106 valence electrons. The third-order valence-electron chi connectivity index (χ3n) is 3.40. The van der Waals surface area contributed by atoms with Crippen molar-refractivity contribution in [1.82, 2.24) is 4.98 Å². The lowest BCUT2D eigenvalue weighted by Gasteiger charge is -2.19. The zero-order valence-electron chi connectivity index (χ0n) is 11.9. The van der Waals surface area contributed by atoms with Crippen LogP contribution >= 0.6 is 0 Å². The highest BCUT2D eigenvalue weighted by Crippen LogP contribution is 2.33. The standard InChI is InChI=1S/C15H17NO4/c1-15(2,14(17)18)12-8-5-9-10(19-3)6-7-11(20-4)13(9)16-12/h5-8H,1-4H3,(H,17,18). The Morgan fingerprint density at radius 2 is 1.70 bits per heavy atom. The highest BCUT2D eigenvalue weighted by Gasteiger charge is 2.31.